The van der Waals surface area contributed by atoms with Gasteiger partial charge in [0.05, 0.1) is 0 Å². The highest BCUT2D eigenvalue weighted by atomic mass is 16.1. The number of nitriles is 1. The Morgan fingerprint density at radius 3 is 2.53 bits per heavy atom. The van der Waals surface area contributed by atoms with E-state index >= 15 is 0 Å². The van der Waals surface area contributed by atoms with E-state index < -0.39 is 0 Å². The minimum Gasteiger partial charge on any atom is -0.366 e. The molecule has 30 heavy (non-hydrogen) atoms. The van der Waals surface area contributed by atoms with Crippen molar-refractivity contribution in [1.29, 1.82) is 5.26 Å². The van der Waals surface area contributed by atoms with Crippen molar-refractivity contribution in [3.63, 3.8) is 0 Å². The number of carbonyl (C=O) groups is 1. The Morgan fingerprint density at radius 1 is 1.23 bits per heavy atom. The third-order valence-electron chi connectivity index (χ3n) is 6.02. The van der Waals surface area contributed by atoms with Crippen molar-refractivity contribution in [2.45, 2.75) is 58.9 Å². The number of benzene rings is 2. The van der Waals surface area contributed by atoms with Gasteiger partial charge in [0.15, 0.2) is 0 Å². The Bertz CT molecular complexity index is 996. The molecule has 1 N–H and O–H groups in total. The zero-order valence-electron chi connectivity index (χ0n) is 18.6. The van der Waals surface area contributed by atoms with Crippen LogP contribution in [0.5, 0.6) is 0 Å². The van der Waals surface area contributed by atoms with Crippen molar-refractivity contribution in [3.8, 4) is 6.07 Å². The summed E-state index contributed by atoms with van der Waals surface area (Å²) < 4.78 is 0. The molecule has 0 radical (unpaired) electrons. The molecule has 1 heterocycles. The number of aryl methyl sites for hydroxylation is 1. The maximum Gasteiger partial charge on any atom is 0.266 e. The third-order valence-corrected chi connectivity index (χ3v) is 6.02. The summed E-state index contributed by atoms with van der Waals surface area (Å²) in [5, 5.41) is 12.4. The zero-order chi connectivity index (χ0) is 21.9. The molecule has 3 rings (SSSR count). The standard InChI is InChI=1S/C26H31N3O/c1-6-19-8-11-22(12-9-19)28-25(30)21(17-27)14-20-10-13-24-23(15-20)18(3)16-26(4,5)29(24)7-2/h8-15,18H,6-7,16H2,1-5H3,(H,28,30)/b21-14+. The summed E-state index contributed by atoms with van der Waals surface area (Å²) >= 11 is 0. The van der Waals surface area contributed by atoms with Crippen LogP contribution in [0.15, 0.2) is 48.0 Å². The van der Waals surface area contributed by atoms with E-state index in [-0.39, 0.29) is 17.0 Å². The van der Waals surface area contributed by atoms with E-state index in [2.05, 4.69) is 63.0 Å². The summed E-state index contributed by atoms with van der Waals surface area (Å²) in [5.41, 5.74) is 5.52. The highest BCUT2D eigenvalue weighted by Crippen LogP contribution is 2.43. The lowest BCUT2D eigenvalue weighted by Gasteiger charge is -2.47. The van der Waals surface area contributed by atoms with Crippen LogP contribution < -0.4 is 10.2 Å². The first-order valence-corrected chi connectivity index (χ1v) is 10.7. The minimum atomic E-state index is -0.385. The van der Waals surface area contributed by atoms with Crippen molar-refractivity contribution in [3.05, 3.63) is 64.7 Å². The van der Waals surface area contributed by atoms with Crippen molar-refractivity contribution < 1.29 is 4.79 Å². The quantitative estimate of drug-likeness (QED) is 0.501. The first-order valence-electron chi connectivity index (χ1n) is 10.7. The Morgan fingerprint density at radius 2 is 1.93 bits per heavy atom. The van der Waals surface area contributed by atoms with Gasteiger partial charge in [-0.15, -0.1) is 0 Å². The molecule has 2 aromatic rings. The van der Waals surface area contributed by atoms with Gasteiger partial charge < -0.3 is 10.2 Å². The molecule has 0 fully saturated rings. The van der Waals surface area contributed by atoms with Crippen molar-refractivity contribution >= 4 is 23.4 Å². The number of nitrogens with zero attached hydrogens (tertiary/aromatic N) is 2. The van der Waals surface area contributed by atoms with Crippen LogP contribution in [-0.2, 0) is 11.2 Å². The van der Waals surface area contributed by atoms with Crippen LogP contribution in [-0.4, -0.2) is 18.0 Å². The van der Waals surface area contributed by atoms with Crippen molar-refractivity contribution in [2.24, 2.45) is 0 Å². The number of nitrogens with one attached hydrogen (secondary N) is 1. The van der Waals surface area contributed by atoms with E-state index in [1.54, 1.807) is 6.08 Å². The molecule has 1 aliphatic rings. The molecule has 0 saturated heterocycles. The number of hydrogen-bond donors (Lipinski definition) is 1. The molecule has 4 heteroatoms. The van der Waals surface area contributed by atoms with Gasteiger partial charge in [0.1, 0.15) is 11.6 Å². The van der Waals surface area contributed by atoms with Gasteiger partial charge in [-0.1, -0.05) is 32.0 Å². The van der Waals surface area contributed by atoms with Gasteiger partial charge in [-0.25, -0.2) is 0 Å². The molecule has 0 spiro atoms. The molecule has 0 aliphatic carbocycles. The molecule has 0 bridgehead atoms. The number of anilines is 2. The zero-order valence-corrected chi connectivity index (χ0v) is 18.6. The summed E-state index contributed by atoms with van der Waals surface area (Å²) in [6.07, 6.45) is 3.69. The van der Waals surface area contributed by atoms with Gasteiger partial charge in [-0.05, 0) is 86.6 Å². The lowest BCUT2D eigenvalue weighted by atomic mass is 9.79. The molecule has 2 aromatic carbocycles. The van der Waals surface area contributed by atoms with E-state index in [9.17, 15) is 10.1 Å². The summed E-state index contributed by atoms with van der Waals surface area (Å²) in [7, 11) is 0. The normalized spacial score (nSPS) is 17.8. The SMILES string of the molecule is CCc1ccc(NC(=O)/C(C#N)=C/c2ccc3c(c2)C(C)CC(C)(C)N3CC)cc1. The van der Waals surface area contributed by atoms with Crippen LogP contribution in [0, 0.1) is 11.3 Å². The molecule has 0 saturated carbocycles. The van der Waals surface area contributed by atoms with E-state index in [1.165, 1.54) is 16.8 Å². The second kappa shape index (κ2) is 8.75. The maximum atomic E-state index is 12.6. The van der Waals surface area contributed by atoms with Crippen LogP contribution in [0.25, 0.3) is 6.08 Å². The minimum absolute atomic E-state index is 0.102. The molecular formula is C26H31N3O. The van der Waals surface area contributed by atoms with Crippen LogP contribution in [0.4, 0.5) is 11.4 Å². The average Bonchev–Trinajstić information content (AvgIpc) is 2.72. The van der Waals surface area contributed by atoms with Crippen molar-refractivity contribution in [1.82, 2.24) is 0 Å². The van der Waals surface area contributed by atoms with Gasteiger partial charge >= 0.3 is 0 Å². The lowest BCUT2D eigenvalue weighted by molar-refractivity contribution is -0.112. The maximum absolute atomic E-state index is 12.6. The number of amides is 1. The first kappa shape index (κ1) is 21.6. The van der Waals surface area contributed by atoms with Gasteiger partial charge in [-0.3, -0.25) is 4.79 Å². The number of hydrogen-bond acceptors (Lipinski definition) is 3. The largest absolute Gasteiger partial charge is 0.366 e. The molecule has 156 valence electrons. The predicted octanol–water partition coefficient (Wildman–Crippen LogP) is 5.91. The van der Waals surface area contributed by atoms with Gasteiger partial charge in [0.25, 0.3) is 5.91 Å². The molecule has 0 aromatic heterocycles. The fourth-order valence-corrected chi connectivity index (χ4v) is 4.53. The highest BCUT2D eigenvalue weighted by Gasteiger charge is 2.35. The molecule has 1 amide bonds. The van der Waals surface area contributed by atoms with Crippen molar-refractivity contribution in [2.75, 3.05) is 16.8 Å². The number of carbonyl (C=O) groups excluding carboxylic acids is 1. The predicted molar refractivity (Wildman–Crippen MR) is 125 cm³/mol. The summed E-state index contributed by atoms with van der Waals surface area (Å²) in [4.78, 5) is 15.1. The smallest absolute Gasteiger partial charge is 0.266 e. The topological polar surface area (TPSA) is 56.1 Å². The average molecular weight is 402 g/mol. The number of fused-ring (bicyclic) bond motifs is 1. The Balaban J connectivity index is 1.86. The van der Waals surface area contributed by atoms with E-state index in [4.69, 9.17) is 0 Å². The second-order valence-electron chi connectivity index (χ2n) is 8.65. The Hall–Kier alpha value is -3.06. The van der Waals surface area contributed by atoms with Crippen LogP contribution in [0.2, 0.25) is 0 Å². The summed E-state index contributed by atoms with van der Waals surface area (Å²) in [5.74, 6) is 0.0337. The van der Waals surface area contributed by atoms with Crippen LogP contribution >= 0.6 is 0 Å². The Labute approximate surface area is 180 Å². The fourth-order valence-electron chi connectivity index (χ4n) is 4.53. The molecule has 1 unspecified atom stereocenters. The van der Waals surface area contributed by atoms with Gasteiger partial charge in [0, 0.05) is 23.5 Å². The molecule has 4 nitrogen and oxygen atoms in total. The molecule has 1 aliphatic heterocycles. The molecule has 1 atom stereocenters. The van der Waals surface area contributed by atoms with E-state index in [1.807, 2.05) is 30.3 Å². The van der Waals surface area contributed by atoms with Crippen LogP contribution in [0.1, 0.15) is 63.6 Å². The Kier molecular flexibility index (Phi) is 6.31. The van der Waals surface area contributed by atoms with Gasteiger partial charge in [-0.2, -0.15) is 5.26 Å². The fraction of sp³-hybridized carbons (Fsp3) is 0.385. The molecular weight excluding hydrogens is 370 g/mol. The van der Waals surface area contributed by atoms with Crippen LogP contribution in [0.3, 0.4) is 0 Å². The first-order chi connectivity index (χ1) is 14.3. The van der Waals surface area contributed by atoms with Gasteiger partial charge in [0.2, 0.25) is 0 Å². The lowest BCUT2D eigenvalue weighted by Crippen LogP contribution is -2.48. The second-order valence-corrected chi connectivity index (χ2v) is 8.65. The summed E-state index contributed by atoms with van der Waals surface area (Å²) in [6, 6.07) is 16.0. The monoisotopic (exact) mass is 401 g/mol. The van der Waals surface area contributed by atoms with E-state index in [0.717, 1.165) is 24.9 Å². The summed E-state index contributed by atoms with van der Waals surface area (Å²) in [6.45, 7) is 12.0. The third kappa shape index (κ3) is 4.41. The van der Waals surface area contributed by atoms with E-state index in [0.29, 0.717) is 11.6 Å². The number of rotatable bonds is 5. The highest BCUT2D eigenvalue weighted by molar-refractivity contribution is 6.09.